The Bertz CT molecular complexity index is 526. The molecule has 3 atom stereocenters. The maximum atomic E-state index is 13.9. The number of hydrogen-bond acceptors (Lipinski definition) is 4. The second-order valence-electron chi connectivity index (χ2n) is 7.47. The lowest BCUT2D eigenvalue weighted by Gasteiger charge is -2.35. The van der Waals surface area contributed by atoms with Crippen LogP contribution in [0.15, 0.2) is 0 Å². The monoisotopic (exact) mass is 330 g/mol. The van der Waals surface area contributed by atoms with Crippen LogP contribution in [-0.4, -0.2) is 63.3 Å². The van der Waals surface area contributed by atoms with Crippen LogP contribution in [0.25, 0.3) is 0 Å². The van der Waals surface area contributed by atoms with Crippen molar-refractivity contribution < 1.29 is 29.0 Å². The van der Waals surface area contributed by atoms with Crippen molar-refractivity contribution in [3.05, 3.63) is 0 Å². The van der Waals surface area contributed by atoms with E-state index in [2.05, 4.69) is 5.32 Å². The van der Waals surface area contributed by atoms with E-state index in [0.717, 1.165) is 4.90 Å². The quantitative estimate of drug-likeness (QED) is 0.676. The van der Waals surface area contributed by atoms with E-state index in [0.29, 0.717) is 0 Å². The van der Waals surface area contributed by atoms with E-state index >= 15 is 0 Å². The summed E-state index contributed by atoms with van der Waals surface area (Å²) in [7, 11) is 0. The van der Waals surface area contributed by atoms with E-state index in [1.54, 1.807) is 20.8 Å². The number of aliphatic carboxylic acids is 1. The summed E-state index contributed by atoms with van der Waals surface area (Å²) in [5.74, 6) is -2.66. The number of nitrogens with one attached hydrogen (secondary N) is 1. The summed E-state index contributed by atoms with van der Waals surface area (Å²) in [4.78, 5) is 37.0. The van der Waals surface area contributed by atoms with E-state index in [9.17, 15) is 29.0 Å². The molecular weight excluding hydrogens is 307 g/mol. The molecule has 0 unspecified atom stereocenters. The van der Waals surface area contributed by atoms with Gasteiger partial charge >= 0.3 is 5.97 Å². The van der Waals surface area contributed by atoms with Gasteiger partial charge in [-0.25, -0.2) is 9.18 Å². The normalized spacial score (nSPS) is 27.4. The SMILES string of the molecule is CC(C)(C)[C@H](NC(=O)C1(F)CC1)C(=O)N1C[C@@H](O)C[C@@H]1C(=O)O. The molecule has 0 spiro atoms. The van der Waals surface area contributed by atoms with Crippen molar-refractivity contribution in [2.45, 2.75) is 63.9 Å². The largest absolute Gasteiger partial charge is 0.480 e. The molecule has 8 heteroatoms. The number of carboxylic acids is 1. The fourth-order valence-electron chi connectivity index (χ4n) is 2.70. The lowest BCUT2D eigenvalue weighted by Crippen LogP contribution is -2.58. The molecule has 130 valence electrons. The summed E-state index contributed by atoms with van der Waals surface area (Å²) >= 11 is 0. The zero-order valence-electron chi connectivity index (χ0n) is 13.5. The number of carboxylic acid groups (broad SMARTS) is 1. The van der Waals surface area contributed by atoms with Crippen LogP contribution in [-0.2, 0) is 14.4 Å². The van der Waals surface area contributed by atoms with Crippen molar-refractivity contribution in [3.63, 3.8) is 0 Å². The second-order valence-corrected chi connectivity index (χ2v) is 7.47. The van der Waals surface area contributed by atoms with Gasteiger partial charge in [-0.05, 0) is 18.3 Å². The minimum absolute atomic E-state index is 0.0566. The summed E-state index contributed by atoms with van der Waals surface area (Å²) in [6.07, 6.45) is -0.722. The molecule has 0 aromatic heterocycles. The number of likely N-dealkylation sites (tertiary alicyclic amines) is 1. The van der Waals surface area contributed by atoms with E-state index in [1.165, 1.54) is 0 Å². The second kappa shape index (κ2) is 5.74. The number of carbonyl (C=O) groups excluding carboxylic acids is 2. The Morgan fingerprint density at radius 2 is 1.87 bits per heavy atom. The highest BCUT2D eigenvalue weighted by Gasteiger charge is 2.53. The van der Waals surface area contributed by atoms with E-state index in [1.807, 2.05) is 0 Å². The van der Waals surface area contributed by atoms with Gasteiger partial charge in [-0.15, -0.1) is 0 Å². The molecule has 0 radical (unpaired) electrons. The number of aliphatic hydroxyl groups is 1. The molecule has 2 fully saturated rings. The fraction of sp³-hybridized carbons (Fsp3) is 0.800. The first-order chi connectivity index (χ1) is 10.5. The molecule has 1 saturated heterocycles. The predicted octanol–water partition coefficient (Wildman–Crippen LogP) is 0.0658. The number of aliphatic hydroxyl groups excluding tert-OH is 1. The number of carbonyl (C=O) groups is 3. The number of halogens is 1. The number of amides is 2. The summed E-state index contributed by atoms with van der Waals surface area (Å²) in [5, 5.41) is 21.3. The van der Waals surface area contributed by atoms with E-state index < -0.39 is 47.1 Å². The third-order valence-electron chi connectivity index (χ3n) is 4.33. The number of β-amino-alcohol motifs (C(OH)–C–C–N with tert-alkyl or cyclic N) is 1. The van der Waals surface area contributed by atoms with Crippen molar-refractivity contribution in [1.82, 2.24) is 10.2 Å². The van der Waals surface area contributed by atoms with E-state index in [4.69, 9.17) is 0 Å². The number of hydrogen-bond donors (Lipinski definition) is 3. The number of alkyl halides is 1. The van der Waals surface area contributed by atoms with Gasteiger partial charge in [-0.1, -0.05) is 20.8 Å². The molecule has 0 bridgehead atoms. The Balaban J connectivity index is 2.19. The van der Waals surface area contributed by atoms with Gasteiger partial charge in [0.15, 0.2) is 5.67 Å². The van der Waals surface area contributed by atoms with Crippen molar-refractivity contribution in [2.75, 3.05) is 6.54 Å². The molecule has 2 amide bonds. The Kier molecular flexibility index (Phi) is 4.40. The van der Waals surface area contributed by atoms with Crippen molar-refractivity contribution in [3.8, 4) is 0 Å². The zero-order chi connectivity index (χ0) is 17.6. The van der Waals surface area contributed by atoms with Gasteiger partial charge in [-0.2, -0.15) is 0 Å². The highest BCUT2D eigenvalue weighted by atomic mass is 19.1. The Labute approximate surface area is 133 Å². The fourth-order valence-corrected chi connectivity index (χ4v) is 2.70. The van der Waals surface area contributed by atoms with Crippen molar-refractivity contribution in [2.24, 2.45) is 5.41 Å². The van der Waals surface area contributed by atoms with Crippen LogP contribution in [0.2, 0.25) is 0 Å². The van der Waals surface area contributed by atoms with E-state index in [-0.39, 0.29) is 25.8 Å². The number of nitrogens with zero attached hydrogens (tertiary/aromatic N) is 1. The molecule has 7 nitrogen and oxygen atoms in total. The van der Waals surface area contributed by atoms with Crippen LogP contribution >= 0.6 is 0 Å². The van der Waals surface area contributed by atoms with Gasteiger partial charge in [0.05, 0.1) is 6.10 Å². The van der Waals surface area contributed by atoms with Crippen LogP contribution < -0.4 is 5.32 Å². The topological polar surface area (TPSA) is 107 Å². The molecule has 1 aliphatic carbocycles. The van der Waals surface area contributed by atoms with Crippen LogP contribution in [0.1, 0.15) is 40.0 Å². The molecular formula is C15H23FN2O5. The highest BCUT2D eigenvalue weighted by Crippen LogP contribution is 2.40. The van der Waals surface area contributed by atoms with Crippen molar-refractivity contribution >= 4 is 17.8 Å². The first-order valence-corrected chi connectivity index (χ1v) is 7.67. The minimum Gasteiger partial charge on any atom is -0.480 e. The summed E-state index contributed by atoms with van der Waals surface area (Å²) in [6, 6.07) is -2.20. The Hall–Kier alpha value is -1.70. The van der Waals surface area contributed by atoms with Gasteiger partial charge < -0.3 is 20.4 Å². The lowest BCUT2D eigenvalue weighted by atomic mass is 9.85. The van der Waals surface area contributed by atoms with Crippen LogP contribution in [0.5, 0.6) is 0 Å². The molecule has 1 heterocycles. The van der Waals surface area contributed by atoms with Crippen LogP contribution in [0.4, 0.5) is 4.39 Å². The molecule has 1 aliphatic heterocycles. The van der Waals surface area contributed by atoms with Crippen LogP contribution in [0.3, 0.4) is 0 Å². The van der Waals surface area contributed by atoms with Gasteiger partial charge in [0.25, 0.3) is 5.91 Å². The standard InChI is InChI=1S/C15H23FN2O5/c1-14(2,3)10(17-13(23)15(16)4-5-15)11(20)18-7-8(19)6-9(18)12(21)22/h8-10,19H,4-7H2,1-3H3,(H,17,23)(H,21,22)/t8-,9+,10+/m0/s1. The molecule has 2 aliphatic rings. The average molecular weight is 330 g/mol. The average Bonchev–Trinajstić information content (AvgIpc) is 3.04. The first-order valence-electron chi connectivity index (χ1n) is 7.67. The zero-order valence-corrected chi connectivity index (χ0v) is 13.5. The van der Waals surface area contributed by atoms with Crippen LogP contribution in [0, 0.1) is 5.41 Å². The van der Waals surface area contributed by atoms with Gasteiger partial charge in [0.2, 0.25) is 5.91 Å². The van der Waals surface area contributed by atoms with Crippen molar-refractivity contribution in [1.29, 1.82) is 0 Å². The maximum absolute atomic E-state index is 13.9. The molecule has 0 aromatic rings. The summed E-state index contributed by atoms with van der Waals surface area (Å²) in [6.45, 7) is 5.00. The van der Waals surface area contributed by atoms with Gasteiger partial charge in [0.1, 0.15) is 12.1 Å². The predicted molar refractivity (Wildman–Crippen MR) is 78.2 cm³/mol. The molecule has 2 rings (SSSR count). The lowest BCUT2D eigenvalue weighted by molar-refractivity contribution is -0.151. The summed E-state index contributed by atoms with van der Waals surface area (Å²) < 4.78 is 13.9. The van der Waals surface area contributed by atoms with Gasteiger partial charge in [-0.3, -0.25) is 9.59 Å². The Morgan fingerprint density at radius 1 is 1.30 bits per heavy atom. The van der Waals surface area contributed by atoms with Gasteiger partial charge in [0, 0.05) is 13.0 Å². The third-order valence-corrected chi connectivity index (χ3v) is 4.33. The molecule has 23 heavy (non-hydrogen) atoms. The first kappa shape index (κ1) is 17.7. The molecule has 3 N–H and O–H groups in total. The minimum atomic E-state index is -1.92. The maximum Gasteiger partial charge on any atom is 0.326 e. The Morgan fingerprint density at radius 3 is 2.30 bits per heavy atom. The molecule has 0 aromatic carbocycles. The third kappa shape index (κ3) is 3.63. The molecule has 1 saturated carbocycles. The number of rotatable bonds is 4. The summed E-state index contributed by atoms with van der Waals surface area (Å²) in [5.41, 5.74) is -2.64. The highest BCUT2D eigenvalue weighted by molar-refractivity contribution is 5.95. The smallest absolute Gasteiger partial charge is 0.326 e.